The lowest BCUT2D eigenvalue weighted by Gasteiger charge is -2.14. The van der Waals surface area contributed by atoms with Crippen molar-refractivity contribution in [2.45, 2.75) is 12.8 Å². The first kappa shape index (κ1) is 13.7. The third kappa shape index (κ3) is 2.50. The van der Waals surface area contributed by atoms with E-state index in [9.17, 15) is 0 Å². The molecule has 0 unspecified atom stereocenters. The monoisotopic (exact) mass is 303 g/mol. The van der Waals surface area contributed by atoms with Crippen molar-refractivity contribution < 1.29 is 0 Å². The van der Waals surface area contributed by atoms with E-state index in [-0.39, 0.29) is 0 Å². The number of nitrogens with one attached hydrogen (secondary N) is 1. The maximum atomic E-state index is 4.71. The fourth-order valence-electron chi connectivity index (χ4n) is 2.77. The predicted molar refractivity (Wildman–Crippen MR) is 91.6 cm³/mol. The van der Waals surface area contributed by atoms with Gasteiger partial charge in [-0.3, -0.25) is 4.40 Å². The number of rotatable bonds is 4. The SMILES string of the molecule is C[C@@H](CNc1nc2ccccc2n2cnnc12)c1ccccc1. The van der Waals surface area contributed by atoms with Crippen LogP contribution in [0.3, 0.4) is 0 Å². The zero-order valence-corrected chi connectivity index (χ0v) is 12.8. The van der Waals surface area contributed by atoms with Gasteiger partial charge in [0.2, 0.25) is 5.65 Å². The van der Waals surface area contributed by atoms with Gasteiger partial charge >= 0.3 is 0 Å². The van der Waals surface area contributed by atoms with Crippen LogP contribution >= 0.6 is 0 Å². The zero-order chi connectivity index (χ0) is 15.6. The summed E-state index contributed by atoms with van der Waals surface area (Å²) in [5.41, 5.74) is 3.99. The highest BCUT2D eigenvalue weighted by atomic mass is 15.3. The maximum Gasteiger partial charge on any atom is 0.203 e. The van der Waals surface area contributed by atoms with Gasteiger partial charge in [0, 0.05) is 6.54 Å². The summed E-state index contributed by atoms with van der Waals surface area (Å²) in [6, 6.07) is 18.5. The lowest BCUT2D eigenvalue weighted by Crippen LogP contribution is -2.12. The number of nitrogens with zero attached hydrogens (tertiary/aromatic N) is 4. The fraction of sp³-hybridized carbons (Fsp3) is 0.167. The molecule has 5 heteroatoms. The average molecular weight is 303 g/mol. The number of aromatic nitrogens is 4. The largest absolute Gasteiger partial charge is 0.366 e. The summed E-state index contributed by atoms with van der Waals surface area (Å²) in [5, 5.41) is 11.7. The second-order valence-electron chi connectivity index (χ2n) is 5.67. The van der Waals surface area contributed by atoms with E-state index in [0.29, 0.717) is 5.92 Å². The number of benzene rings is 2. The van der Waals surface area contributed by atoms with Gasteiger partial charge < -0.3 is 5.32 Å². The molecular weight excluding hydrogens is 286 g/mol. The molecule has 0 spiro atoms. The number of fused-ring (bicyclic) bond motifs is 3. The lowest BCUT2D eigenvalue weighted by molar-refractivity contribution is 0.802. The maximum absolute atomic E-state index is 4.71. The minimum Gasteiger partial charge on any atom is -0.366 e. The van der Waals surface area contributed by atoms with Crippen molar-refractivity contribution in [3.63, 3.8) is 0 Å². The molecule has 4 rings (SSSR count). The van der Waals surface area contributed by atoms with E-state index >= 15 is 0 Å². The number of para-hydroxylation sites is 2. The molecule has 1 atom stereocenters. The van der Waals surface area contributed by atoms with Crippen LogP contribution in [0.15, 0.2) is 60.9 Å². The Kier molecular flexibility index (Phi) is 3.38. The van der Waals surface area contributed by atoms with E-state index in [1.807, 2.05) is 34.7 Å². The molecule has 2 aromatic heterocycles. The third-order valence-electron chi connectivity index (χ3n) is 4.08. The van der Waals surface area contributed by atoms with Crippen molar-refractivity contribution in [2.75, 3.05) is 11.9 Å². The van der Waals surface area contributed by atoms with Crippen molar-refractivity contribution in [1.82, 2.24) is 19.6 Å². The van der Waals surface area contributed by atoms with Crippen LogP contribution in [0.5, 0.6) is 0 Å². The smallest absolute Gasteiger partial charge is 0.203 e. The zero-order valence-electron chi connectivity index (χ0n) is 12.8. The molecular formula is C18H17N5. The van der Waals surface area contributed by atoms with Crippen LogP contribution in [-0.2, 0) is 0 Å². The van der Waals surface area contributed by atoms with E-state index in [4.69, 9.17) is 4.98 Å². The Labute approximate surface area is 134 Å². The summed E-state index contributed by atoms with van der Waals surface area (Å²) in [5.74, 6) is 1.15. The topological polar surface area (TPSA) is 55.1 Å². The van der Waals surface area contributed by atoms with E-state index in [1.165, 1.54) is 5.56 Å². The Hall–Kier alpha value is -2.95. The molecule has 0 fully saturated rings. The average Bonchev–Trinajstić information content (AvgIpc) is 3.10. The second-order valence-corrected chi connectivity index (χ2v) is 5.67. The van der Waals surface area contributed by atoms with Gasteiger partial charge in [-0.05, 0) is 23.6 Å². The van der Waals surface area contributed by atoms with Gasteiger partial charge in [0.25, 0.3) is 0 Å². The van der Waals surface area contributed by atoms with Gasteiger partial charge in [-0.1, -0.05) is 49.4 Å². The van der Waals surface area contributed by atoms with E-state index < -0.39 is 0 Å². The quantitative estimate of drug-likeness (QED) is 0.627. The lowest BCUT2D eigenvalue weighted by atomic mass is 10.0. The minimum atomic E-state index is 0.382. The van der Waals surface area contributed by atoms with Crippen molar-refractivity contribution >= 4 is 22.5 Å². The Morgan fingerprint density at radius 3 is 2.70 bits per heavy atom. The third-order valence-corrected chi connectivity index (χ3v) is 4.08. The van der Waals surface area contributed by atoms with E-state index in [2.05, 4.69) is 46.7 Å². The fourth-order valence-corrected chi connectivity index (χ4v) is 2.77. The number of hydrogen-bond donors (Lipinski definition) is 1. The molecule has 0 amide bonds. The number of anilines is 1. The number of hydrogen-bond acceptors (Lipinski definition) is 4. The highest BCUT2D eigenvalue weighted by molar-refractivity contribution is 5.82. The van der Waals surface area contributed by atoms with Crippen molar-refractivity contribution in [3.05, 3.63) is 66.5 Å². The first-order valence-corrected chi connectivity index (χ1v) is 7.70. The highest BCUT2D eigenvalue weighted by Gasteiger charge is 2.11. The first-order chi connectivity index (χ1) is 11.3. The standard InChI is InChI=1S/C18H17N5/c1-13(14-7-3-2-4-8-14)11-19-17-18-22-20-12-23(18)16-10-6-5-9-15(16)21-17/h2-10,12-13H,11H2,1H3,(H,19,21)/t13-/m0/s1. The van der Waals surface area contributed by atoms with Crippen LogP contribution in [0.25, 0.3) is 16.7 Å². The minimum absolute atomic E-state index is 0.382. The molecule has 0 aliphatic rings. The van der Waals surface area contributed by atoms with Crippen LogP contribution in [0, 0.1) is 0 Å². The molecule has 2 aromatic carbocycles. The molecule has 0 saturated heterocycles. The molecule has 0 aliphatic carbocycles. The second kappa shape index (κ2) is 5.68. The van der Waals surface area contributed by atoms with Crippen molar-refractivity contribution in [2.24, 2.45) is 0 Å². The summed E-state index contributed by atoms with van der Waals surface area (Å²) in [6.07, 6.45) is 1.73. The van der Waals surface area contributed by atoms with Crippen molar-refractivity contribution in [1.29, 1.82) is 0 Å². The normalized spacial score (nSPS) is 12.6. The molecule has 2 heterocycles. The van der Waals surface area contributed by atoms with Crippen LogP contribution in [0.2, 0.25) is 0 Å². The van der Waals surface area contributed by atoms with E-state index in [1.54, 1.807) is 6.33 Å². The van der Waals surface area contributed by atoms with Crippen LogP contribution in [-0.4, -0.2) is 26.1 Å². The summed E-state index contributed by atoms with van der Waals surface area (Å²) < 4.78 is 1.97. The van der Waals surface area contributed by atoms with Crippen molar-refractivity contribution in [3.8, 4) is 0 Å². The molecule has 4 aromatic rings. The molecule has 0 bridgehead atoms. The summed E-state index contributed by atoms with van der Waals surface area (Å²) in [6.45, 7) is 2.99. The van der Waals surface area contributed by atoms with Gasteiger partial charge in [0.05, 0.1) is 11.0 Å². The Balaban J connectivity index is 1.67. The van der Waals surface area contributed by atoms with E-state index in [0.717, 1.165) is 29.0 Å². The summed E-state index contributed by atoms with van der Waals surface area (Å²) in [7, 11) is 0. The van der Waals surface area contributed by atoms with Gasteiger partial charge in [-0.15, -0.1) is 10.2 Å². The molecule has 114 valence electrons. The molecule has 1 N–H and O–H groups in total. The summed E-state index contributed by atoms with van der Waals surface area (Å²) >= 11 is 0. The molecule has 0 radical (unpaired) electrons. The van der Waals surface area contributed by atoms with Crippen LogP contribution < -0.4 is 5.32 Å². The predicted octanol–water partition coefficient (Wildman–Crippen LogP) is 3.49. The van der Waals surface area contributed by atoms with Gasteiger partial charge in [0.15, 0.2) is 5.82 Å². The Morgan fingerprint density at radius 1 is 1.04 bits per heavy atom. The molecule has 23 heavy (non-hydrogen) atoms. The van der Waals surface area contributed by atoms with Crippen LogP contribution in [0.1, 0.15) is 18.4 Å². The Morgan fingerprint density at radius 2 is 1.83 bits per heavy atom. The highest BCUT2D eigenvalue weighted by Crippen LogP contribution is 2.21. The Bertz CT molecular complexity index is 945. The van der Waals surface area contributed by atoms with Crippen LogP contribution in [0.4, 0.5) is 5.82 Å². The molecule has 5 nitrogen and oxygen atoms in total. The summed E-state index contributed by atoms with van der Waals surface area (Å²) in [4.78, 5) is 4.71. The first-order valence-electron chi connectivity index (χ1n) is 7.70. The van der Waals surface area contributed by atoms with Gasteiger partial charge in [-0.2, -0.15) is 0 Å². The molecule has 0 saturated carbocycles. The van der Waals surface area contributed by atoms with Gasteiger partial charge in [-0.25, -0.2) is 4.98 Å². The van der Waals surface area contributed by atoms with Gasteiger partial charge in [0.1, 0.15) is 6.33 Å². The molecule has 0 aliphatic heterocycles.